The maximum absolute atomic E-state index is 12.3. The third-order valence-corrected chi connectivity index (χ3v) is 4.24. The van der Waals surface area contributed by atoms with Gasteiger partial charge in [-0.3, -0.25) is 14.9 Å². The lowest BCUT2D eigenvalue weighted by atomic mass is 10.0. The Balaban J connectivity index is 1.90. The van der Waals surface area contributed by atoms with Crippen molar-refractivity contribution >= 4 is 23.3 Å². The number of ether oxygens (including phenoxy) is 3. The van der Waals surface area contributed by atoms with Gasteiger partial charge in [0.2, 0.25) is 0 Å². The van der Waals surface area contributed by atoms with Crippen molar-refractivity contribution in [3.63, 3.8) is 0 Å². The van der Waals surface area contributed by atoms with Crippen LogP contribution in [0.15, 0.2) is 42.5 Å². The first kappa shape index (κ1) is 22.7. The summed E-state index contributed by atoms with van der Waals surface area (Å²) in [6.07, 6.45) is -1.17. The lowest BCUT2D eigenvalue weighted by molar-refractivity contribution is -0.384. The Hall–Kier alpha value is -3.62. The summed E-state index contributed by atoms with van der Waals surface area (Å²) in [5, 5.41) is 13.6. The summed E-state index contributed by atoms with van der Waals surface area (Å²) in [7, 11) is 1.37. The van der Waals surface area contributed by atoms with E-state index in [1.165, 1.54) is 32.2 Å². The summed E-state index contributed by atoms with van der Waals surface area (Å²) in [5.74, 6) is -0.294. The summed E-state index contributed by atoms with van der Waals surface area (Å²) < 4.78 is 15.4. The van der Waals surface area contributed by atoms with Gasteiger partial charge in [0.1, 0.15) is 17.2 Å². The van der Waals surface area contributed by atoms with E-state index in [1.807, 2.05) is 12.1 Å². The van der Waals surface area contributed by atoms with Crippen molar-refractivity contribution < 1.29 is 28.7 Å². The number of nitrogens with one attached hydrogen (secondary N) is 1. The van der Waals surface area contributed by atoms with Gasteiger partial charge in [0.15, 0.2) is 12.7 Å². The van der Waals surface area contributed by atoms with Gasteiger partial charge in [-0.05, 0) is 42.7 Å². The second kappa shape index (κ2) is 10.2. The molecule has 0 aromatic heterocycles. The molecule has 2 rings (SSSR count). The second-order valence-electron chi connectivity index (χ2n) is 6.77. The zero-order chi connectivity index (χ0) is 22.3. The van der Waals surface area contributed by atoms with E-state index in [2.05, 4.69) is 19.2 Å². The highest BCUT2D eigenvalue weighted by atomic mass is 16.6. The molecule has 9 heteroatoms. The van der Waals surface area contributed by atoms with Gasteiger partial charge in [-0.25, -0.2) is 4.79 Å². The summed E-state index contributed by atoms with van der Waals surface area (Å²) in [6, 6.07) is 11.3. The molecular formula is C21H24N2O7. The smallest absolute Gasteiger partial charge is 0.344 e. The monoisotopic (exact) mass is 416 g/mol. The van der Waals surface area contributed by atoms with Gasteiger partial charge in [-0.15, -0.1) is 0 Å². The molecule has 1 N–H and O–H groups in total. The molecule has 0 aliphatic carbocycles. The highest BCUT2D eigenvalue weighted by molar-refractivity contribution is 5.97. The maximum Gasteiger partial charge on any atom is 0.344 e. The molecule has 0 heterocycles. The van der Waals surface area contributed by atoms with Crippen LogP contribution < -0.4 is 14.8 Å². The van der Waals surface area contributed by atoms with Crippen molar-refractivity contribution in [2.45, 2.75) is 32.8 Å². The van der Waals surface area contributed by atoms with E-state index in [9.17, 15) is 19.7 Å². The number of methoxy groups -OCH3 is 1. The molecule has 0 saturated carbocycles. The number of benzene rings is 2. The number of rotatable bonds is 9. The number of carbonyl (C=O) groups excluding carboxylic acids is 2. The Morgan fingerprint density at radius 1 is 1.07 bits per heavy atom. The van der Waals surface area contributed by atoms with E-state index in [-0.39, 0.29) is 23.7 Å². The highest BCUT2D eigenvalue weighted by Gasteiger charge is 2.22. The third kappa shape index (κ3) is 6.20. The molecule has 0 radical (unpaired) electrons. The minimum atomic E-state index is -1.17. The van der Waals surface area contributed by atoms with Gasteiger partial charge in [0.05, 0.1) is 18.1 Å². The predicted molar refractivity (Wildman–Crippen MR) is 110 cm³/mol. The first-order valence-electron chi connectivity index (χ1n) is 9.26. The molecule has 1 atom stereocenters. The molecule has 30 heavy (non-hydrogen) atoms. The minimum absolute atomic E-state index is 0.0322. The number of anilines is 1. The normalized spacial score (nSPS) is 11.5. The van der Waals surface area contributed by atoms with Crippen LogP contribution in [0.5, 0.6) is 11.5 Å². The van der Waals surface area contributed by atoms with E-state index in [0.29, 0.717) is 11.7 Å². The van der Waals surface area contributed by atoms with Crippen LogP contribution in [0.3, 0.4) is 0 Å². The lowest BCUT2D eigenvalue weighted by Gasteiger charge is -2.14. The van der Waals surface area contributed by atoms with Gasteiger partial charge in [-0.2, -0.15) is 0 Å². The Bertz CT molecular complexity index is 910. The van der Waals surface area contributed by atoms with Crippen molar-refractivity contribution in [2.75, 3.05) is 19.0 Å². The largest absolute Gasteiger partial charge is 0.496 e. The molecule has 0 aliphatic rings. The van der Waals surface area contributed by atoms with E-state index in [4.69, 9.17) is 14.2 Å². The Morgan fingerprint density at radius 3 is 2.27 bits per heavy atom. The molecule has 9 nitrogen and oxygen atoms in total. The lowest BCUT2D eigenvalue weighted by Crippen LogP contribution is -2.31. The fourth-order valence-corrected chi connectivity index (χ4v) is 2.51. The molecule has 2 aromatic rings. The van der Waals surface area contributed by atoms with Crippen molar-refractivity contribution in [2.24, 2.45) is 0 Å². The third-order valence-electron chi connectivity index (χ3n) is 4.24. The number of nitro groups is 1. The quantitative estimate of drug-likeness (QED) is 0.376. The van der Waals surface area contributed by atoms with Gasteiger partial charge >= 0.3 is 5.97 Å². The SMILES string of the molecule is COc1ccc(NC(=O)[C@@H](C)OC(=O)COc2ccc(C(C)C)cc2)c([N+](=O)[O-])c1. The number of amides is 1. The van der Waals surface area contributed by atoms with Gasteiger partial charge in [0, 0.05) is 0 Å². The molecule has 0 unspecified atom stereocenters. The molecule has 160 valence electrons. The fraction of sp³-hybridized carbons (Fsp3) is 0.333. The van der Waals surface area contributed by atoms with Crippen LogP contribution in [0.2, 0.25) is 0 Å². The topological polar surface area (TPSA) is 117 Å². The molecule has 0 spiro atoms. The molecule has 0 bridgehead atoms. The number of nitro benzene ring substituents is 1. The molecule has 0 aliphatic heterocycles. The van der Waals surface area contributed by atoms with Gasteiger partial charge < -0.3 is 19.5 Å². The van der Waals surface area contributed by atoms with E-state index >= 15 is 0 Å². The zero-order valence-electron chi connectivity index (χ0n) is 17.2. The Morgan fingerprint density at radius 2 is 1.70 bits per heavy atom. The van der Waals surface area contributed by atoms with Crippen LogP contribution in [0, 0.1) is 10.1 Å². The number of hydrogen-bond donors (Lipinski definition) is 1. The van der Waals surface area contributed by atoms with Crippen LogP contribution in [0.1, 0.15) is 32.3 Å². The maximum atomic E-state index is 12.3. The molecule has 2 aromatic carbocycles. The van der Waals surface area contributed by atoms with E-state index in [1.54, 1.807) is 12.1 Å². The van der Waals surface area contributed by atoms with E-state index < -0.39 is 22.9 Å². The summed E-state index contributed by atoms with van der Waals surface area (Å²) >= 11 is 0. The summed E-state index contributed by atoms with van der Waals surface area (Å²) in [5.41, 5.74) is 0.771. The Labute approximate surface area is 174 Å². The van der Waals surface area contributed by atoms with Crippen LogP contribution in [-0.2, 0) is 14.3 Å². The van der Waals surface area contributed by atoms with Crippen LogP contribution in [-0.4, -0.2) is 36.6 Å². The minimum Gasteiger partial charge on any atom is -0.496 e. The van der Waals surface area contributed by atoms with Crippen LogP contribution in [0.4, 0.5) is 11.4 Å². The summed E-state index contributed by atoms with van der Waals surface area (Å²) in [4.78, 5) is 34.8. The average molecular weight is 416 g/mol. The average Bonchev–Trinajstić information content (AvgIpc) is 2.72. The van der Waals surface area contributed by atoms with E-state index in [0.717, 1.165) is 5.56 Å². The second-order valence-corrected chi connectivity index (χ2v) is 6.77. The fourth-order valence-electron chi connectivity index (χ4n) is 2.51. The molecule has 0 saturated heterocycles. The van der Waals surface area contributed by atoms with Crippen molar-refractivity contribution in [3.05, 3.63) is 58.1 Å². The first-order chi connectivity index (χ1) is 14.2. The summed E-state index contributed by atoms with van der Waals surface area (Å²) in [6.45, 7) is 5.13. The van der Waals surface area contributed by atoms with Gasteiger partial charge in [0.25, 0.3) is 11.6 Å². The van der Waals surface area contributed by atoms with Crippen LogP contribution >= 0.6 is 0 Å². The zero-order valence-corrected chi connectivity index (χ0v) is 17.2. The number of esters is 1. The molecule has 0 fully saturated rings. The number of carbonyl (C=O) groups is 2. The van der Waals surface area contributed by atoms with Crippen molar-refractivity contribution in [3.8, 4) is 11.5 Å². The number of nitrogens with zero attached hydrogens (tertiary/aromatic N) is 1. The van der Waals surface area contributed by atoms with Crippen LogP contribution in [0.25, 0.3) is 0 Å². The Kier molecular flexibility index (Phi) is 7.74. The standard InChI is InChI=1S/C21H24N2O7/c1-13(2)15-5-7-16(8-6-15)29-12-20(24)30-14(3)21(25)22-18-10-9-17(28-4)11-19(18)23(26)27/h5-11,13-14H,12H2,1-4H3,(H,22,25)/t14-/m1/s1. The molecule has 1 amide bonds. The first-order valence-corrected chi connectivity index (χ1v) is 9.26. The van der Waals surface area contributed by atoms with Gasteiger partial charge in [-0.1, -0.05) is 26.0 Å². The highest BCUT2D eigenvalue weighted by Crippen LogP contribution is 2.29. The predicted octanol–water partition coefficient (Wildman–Crippen LogP) is 3.68. The van der Waals surface area contributed by atoms with Crippen molar-refractivity contribution in [1.29, 1.82) is 0 Å². The van der Waals surface area contributed by atoms with Crippen molar-refractivity contribution in [1.82, 2.24) is 0 Å². The molecular weight excluding hydrogens is 392 g/mol. The number of hydrogen-bond acceptors (Lipinski definition) is 7.